The van der Waals surface area contributed by atoms with Gasteiger partial charge in [-0.3, -0.25) is 9.89 Å². The highest BCUT2D eigenvalue weighted by Crippen LogP contribution is 2.22. The molecule has 0 saturated heterocycles. The van der Waals surface area contributed by atoms with Crippen LogP contribution in [0.1, 0.15) is 17.4 Å². The molecule has 5 nitrogen and oxygen atoms in total. The van der Waals surface area contributed by atoms with E-state index in [9.17, 15) is 4.79 Å². The summed E-state index contributed by atoms with van der Waals surface area (Å²) >= 11 is 1.60. The van der Waals surface area contributed by atoms with E-state index in [0.717, 1.165) is 10.6 Å². The molecule has 0 aromatic carbocycles. The summed E-state index contributed by atoms with van der Waals surface area (Å²) in [5, 5.41) is 11.7. The number of aromatic amines is 1. The van der Waals surface area contributed by atoms with Gasteiger partial charge in [-0.15, -0.1) is 11.3 Å². The van der Waals surface area contributed by atoms with Gasteiger partial charge >= 0.3 is 0 Å². The molecule has 2 rings (SSSR count). The van der Waals surface area contributed by atoms with E-state index in [0.29, 0.717) is 18.8 Å². The molecule has 18 heavy (non-hydrogen) atoms. The molecular formula is C12H16N4OS. The lowest BCUT2D eigenvalue weighted by molar-refractivity contribution is 0.0943. The number of hydrogen-bond acceptors (Lipinski definition) is 4. The Hall–Kier alpha value is -1.66. The van der Waals surface area contributed by atoms with Crippen LogP contribution in [0.2, 0.25) is 0 Å². The van der Waals surface area contributed by atoms with Crippen LogP contribution in [0.5, 0.6) is 0 Å². The lowest BCUT2D eigenvalue weighted by Gasteiger charge is -2.08. The second-order valence-electron chi connectivity index (χ2n) is 4.20. The van der Waals surface area contributed by atoms with Crippen molar-refractivity contribution in [3.63, 3.8) is 0 Å². The summed E-state index contributed by atoms with van der Waals surface area (Å²) < 4.78 is 0. The number of H-pyrrole nitrogens is 1. The first kappa shape index (κ1) is 12.8. The van der Waals surface area contributed by atoms with Crippen molar-refractivity contribution in [3.05, 3.63) is 29.3 Å². The lowest BCUT2D eigenvalue weighted by atomic mass is 10.2. The summed E-state index contributed by atoms with van der Waals surface area (Å²) in [5.74, 6) is 0.0963. The number of rotatable bonds is 5. The van der Waals surface area contributed by atoms with E-state index in [1.807, 2.05) is 24.4 Å². The maximum Gasteiger partial charge on any atom is 0.271 e. The van der Waals surface area contributed by atoms with Gasteiger partial charge < -0.3 is 11.1 Å². The molecule has 0 aliphatic rings. The summed E-state index contributed by atoms with van der Waals surface area (Å²) in [5.41, 5.74) is 6.76. The van der Waals surface area contributed by atoms with Crippen LogP contribution in [0.4, 0.5) is 0 Å². The van der Waals surface area contributed by atoms with E-state index in [1.165, 1.54) is 0 Å². The van der Waals surface area contributed by atoms with Crippen LogP contribution in [0.15, 0.2) is 23.6 Å². The minimum absolute atomic E-state index is 0.172. The van der Waals surface area contributed by atoms with Crippen molar-refractivity contribution in [2.24, 2.45) is 11.7 Å². The minimum atomic E-state index is -0.172. The van der Waals surface area contributed by atoms with Crippen LogP contribution in [0, 0.1) is 5.92 Å². The Bertz CT molecular complexity index is 506. The molecule has 0 spiro atoms. The van der Waals surface area contributed by atoms with Crippen LogP contribution in [0.25, 0.3) is 10.6 Å². The topological polar surface area (TPSA) is 83.8 Å². The number of aromatic nitrogens is 2. The highest BCUT2D eigenvalue weighted by atomic mass is 32.1. The second-order valence-corrected chi connectivity index (χ2v) is 5.14. The number of nitrogens with two attached hydrogens (primary N) is 1. The van der Waals surface area contributed by atoms with Crippen molar-refractivity contribution < 1.29 is 4.79 Å². The third kappa shape index (κ3) is 2.96. The standard InChI is InChI=1S/C12H16N4OS/c1-8(6-13)7-14-12(17)10-5-9(15-16-10)11-3-2-4-18-11/h2-5,8H,6-7,13H2,1H3,(H,14,17)(H,15,16). The Morgan fingerprint density at radius 3 is 3.17 bits per heavy atom. The van der Waals surface area contributed by atoms with Crippen LogP contribution in [-0.2, 0) is 0 Å². The van der Waals surface area contributed by atoms with Crippen molar-refractivity contribution in [1.82, 2.24) is 15.5 Å². The van der Waals surface area contributed by atoms with Crippen molar-refractivity contribution in [2.75, 3.05) is 13.1 Å². The molecule has 1 unspecified atom stereocenters. The monoisotopic (exact) mass is 264 g/mol. The van der Waals surface area contributed by atoms with Gasteiger partial charge in [0.05, 0.1) is 10.6 Å². The highest BCUT2D eigenvalue weighted by molar-refractivity contribution is 7.13. The zero-order valence-electron chi connectivity index (χ0n) is 10.1. The SMILES string of the molecule is CC(CN)CNC(=O)c1cc(-c2cccs2)[nH]n1. The van der Waals surface area contributed by atoms with Crippen LogP contribution in [-0.4, -0.2) is 29.2 Å². The summed E-state index contributed by atoms with van der Waals surface area (Å²) in [6.45, 7) is 3.11. The van der Waals surface area contributed by atoms with Crippen molar-refractivity contribution in [2.45, 2.75) is 6.92 Å². The molecule has 0 fully saturated rings. The molecule has 0 radical (unpaired) electrons. The fraction of sp³-hybridized carbons (Fsp3) is 0.333. The molecule has 96 valence electrons. The molecular weight excluding hydrogens is 248 g/mol. The average Bonchev–Trinajstić information content (AvgIpc) is 3.04. The van der Waals surface area contributed by atoms with Gasteiger partial charge in [0.1, 0.15) is 0 Å². The summed E-state index contributed by atoms with van der Waals surface area (Å²) in [6.07, 6.45) is 0. The molecule has 6 heteroatoms. The second kappa shape index (κ2) is 5.79. The Morgan fingerprint density at radius 2 is 2.50 bits per heavy atom. The first-order chi connectivity index (χ1) is 8.70. The predicted molar refractivity (Wildman–Crippen MR) is 72.5 cm³/mol. The predicted octanol–water partition coefficient (Wildman–Crippen LogP) is 1.46. The quantitative estimate of drug-likeness (QED) is 0.764. The molecule has 0 aliphatic heterocycles. The first-order valence-electron chi connectivity index (χ1n) is 5.78. The number of carbonyl (C=O) groups excluding carboxylic acids is 1. The molecule has 0 aliphatic carbocycles. The fourth-order valence-electron chi connectivity index (χ4n) is 1.44. The number of thiophene rings is 1. The van der Waals surface area contributed by atoms with E-state index in [2.05, 4.69) is 15.5 Å². The number of carbonyl (C=O) groups is 1. The smallest absolute Gasteiger partial charge is 0.271 e. The largest absolute Gasteiger partial charge is 0.350 e. The summed E-state index contributed by atoms with van der Waals surface area (Å²) in [7, 11) is 0. The number of hydrogen-bond donors (Lipinski definition) is 3. The van der Waals surface area contributed by atoms with Crippen LogP contribution < -0.4 is 11.1 Å². The molecule has 1 amide bonds. The maximum atomic E-state index is 11.8. The van der Waals surface area contributed by atoms with Crippen LogP contribution in [0.3, 0.4) is 0 Å². The minimum Gasteiger partial charge on any atom is -0.350 e. The van der Waals surface area contributed by atoms with Gasteiger partial charge in [0, 0.05) is 6.54 Å². The average molecular weight is 264 g/mol. The van der Waals surface area contributed by atoms with Gasteiger partial charge in [-0.2, -0.15) is 5.10 Å². The third-order valence-electron chi connectivity index (χ3n) is 2.61. The van der Waals surface area contributed by atoms with E-state index in [4.69, 9.17) is 5.73 Å². The van der Waals surface area contributed by atoms with E-state index in [-0.39, 0.29) is 11.8 Å². The molecule has 1 atom stereocenters. The number of nitrogens with one attached hydrogen (secondary N) is 2. The molecule has 0 saturated carbocycles. The van der Waals surface area contributed by atoms with Gasteiger partial charge in [-0.25, -0.2) is 0 Å². The third-order valence-corrected chi connectivity index (χ3v) is 3.51. The van der Waals surface area contributed by atoms with Gasteiger partial charge in [-0.05, 0) is 30.0 Å². The normalized spacial score (nSPS) is 12.3. The lowest BCUT2D eigenvalue weighted by Crippen LogP contribution is -2.31. The Balaban J connectivity index is 1.99. The van der Waals surface area contributed by atoms with Crippen molar-refractivity contribution in [3.8, 4) is 10.6 Å². The molecule has 2 aromatic rings. The molecule has 2 aromatic heterocycles. The number of nitrogens with zero attached hydrogens (tertiary/aromatic N) is 1. The van der Waals surface area contributed by atoms with Crippen molar-refractivity contribution in [1.29, 1.82) is 0 Å². The maximum absolute atomic E-state index is 11.8. The fourth-order valence-corrected chi connectivity index (χ4v) is 2.13. The first-order valence-corrected chi connectivity index (χ1v) is 6.66. The molecule has 2 heterocycles. The highest BCUT2D eigenvalue weighted by Gasteiger charge is 2.12. The molecule has 4 N–H and O–H groups in total. The van der Waals surface area contributed by atoms with Gasteiger partial charge in [0.15, 0.2) is 5.69 Å². The zero-order chi connectivity index (χ0) is 13.0. The summed E-state index contributed by atoms with van der Waals surface area (Å²) in [4.78, 5) is 12.9. The van der Waals surface area contributed by atoms with Gasteiger partial charge in [0.25, 0.3) is 5.91 Å². The summed E-state index contributed by atoms with van der Waals surface area (Å²) in [6, 6.07) is 5.70. The zero-order valence-corrected chi connectivity index (χ0v) is 11.0. The van der Waals surface area contributed by atoms with Crippen LogP contribution >= 0.6 is 11.3 Å². The Morgan fingerprint density at radius 1 is 1.67 bits per heavy atom. The number of amides is 1. The Kier molecular flexibility index (Phi) is 4.11. The van der Waals surface area contributed by atoms with E-state index in [1.54, 1.807) is 17.4 Å². The van der Waals surface area contributed by atoms with E-state index >= 15 is 0 Å². The van der Waals surface area contributed by atoms with Gasteiger partial charge in [-0.1, -0.05) is 13.0 Å². The van der Waals surface area contributed by atoms with E-state index < -0.39 is 0 Å². The molecule has 0 bridgehead atoms. The van der Waals surface area contributed by atoms with Gasteiger partial charge in [0.2, 0.25) is 0 Å². The Labute approximate surface area is 109 Å². The van der Waals surface area contributed by atoms with Crippen molar-refractivity contribution >= 4 is 17.2 Å².